The van der Waals surface area contributed by atoms with E-state index in [1.807, 2.05) is 0 Å². The molecule has 8 heteroatoms. The van der Waals surface area contributed by atoms with E-state index in [-0.39, 0.29) is 11.3 Å². The van der Waals surface area contributed by atoms with E-state index in [2.05, 4.69) is 10.3 Å². The van der Waals surface area contributed by atoms with Crippen LogP contribution in [0, 0.1) is 0 Å². The van der Waals surface area contributed by atoms with Crippen molar-refractivity contribution in [2.75, 3.05) is 5.32 Å². The van der Waals surface area contributed by atoms with Crippen molar-refractivity contribution in [1.29, 1.82) is 0 Å². The van der Waals surface area contributed by atoms with Crippen LogP contribution in [-0.4, -0.2) is 15.3 Å². The number of hydrogen-bond donors (Lipinski definition) is 1. The lowest BCUT2D eigenvalue weighted by Gasteiger charge is -2.08. The highest BCUT2D eigenvalue weighted by Crippen LogP contribution is 2.30. The average molecular weight is 340 g/mol. The maximum absolute atomic E-state index is 12.7. The number of carbonyl (C=O) groups is 1. The summed E-state index contributed by atoms with van der Waals surface area (Å²) < 4.78 is 39.3. The summed E-state index contributed by atoms with van der Waals surface area (Å²) in [7, 11) is 0. The van der Waals surface area contributed by atoms with Crippen molar-refractivity contribution < 1.29 is 18.0 Å². The maximum Gasteiger partial charge on any atom is 0.416 e. The number of rotatable bonds is 2. The van der Waals surface area contributed by atoms with Crippen LogP contribution in [-0.2, 0) is 6.18 Å². The van der Waals surface area contributed by atoms with E-state index in [1.54, 1.807) is 24.3 Å². The van der Waals surface area contributed by atoms with Gasteiger partial charge < -0.3 is 5.32 Å². The minimum absolute atomic E-state index is 0.0316. The number of nitrogens with one attached hydrogen (secondary N) is 1. The third kappa shape index (κ3) is 3.00. The number of imidazole rings is 1. The first-order valence-corrected chi connectivity index (χ1v) is 6.84. The predicted octanol–water partition coefficient (Wildman–Crippen LogP) is 4.26. The van der Waals surface area contributed by atoms with Crippen LogP contribution < -0.4 is 5.32 Å². The van der Waals surface area contributed by atoms with Crippen molar-refractivity contribution in [3.05, 3.63) is 65.1 Å². The highest BCUT2D eigenvalue weighted by atomic mass is 35.5. The summed E-state index contributed by atoms with van der Waals surface area (Å²) in [6.07, 6.45) is -2.10. The lowest BCUT2D eigenvalue weighted by atomic mass is 10.2. The molecule has 0 aliphatic rings. The molecule has 1 N–H and O–H groups in total. The Morgan fingerprint density at radius 1 is 1.22 bits per heavy atom. The molecule has 1 aromatic carbocycles. The van der Waals surface area contributed by atoms with Crippen LogP contribution in [0.2, 0.25) is 5.02 Å². The van der Waals surface area contributed by atoms with Gasteiger partial charge in [0.1, 0.15) is 11.3 Å². The van der Waals surface area contributed by atoms with E-state index in [1.165, 1.54) is 10.6 Å². The molecule has 0 aliphatic carbocycles. The Bertz CT molecular complexity index is 889. The molecule has 0 unspecified atom stereocenters. The maximum atomic E-state index is 12.7. The molecule has 118 valence electrons. The minimum atomic E-state index is -4.46. The van der Waals surface area contributed by atoms with E-state index in [4.69, 9.17) is 11.6 Å². The monoisotopic (exact) mass is 339 g/mol. The second kappa shape index (κ2) is 5.58. The number of anilines is 1. The molecule has 0 saturated carbocycles. The number of para-hydroxylation sites is 1. The van der Waals surface area contributed by atoms with Crippen LogP contribution in [0.4, 0.5) is 18.9 Å². The Morgan fingerprint density at radius 2 is 1.96 bits per heavy atom. The van der Waals surface area contributed by atoms with Gasteiger partial charge in [-0.25, -0.2) is 4.98 Å². The second-order valence-electron chi connectivity index (χ2n) is 4.72. The second-order valence-corrected chi connectivity index (χ2v) is 5.13. The number of alkyl halides is 3. The highest BCUT2D eigenvalue weighted by molar-refractivity contribution is 6.33. The van der Waals surface area contributed by atoms with Crippen molar-refractivity contribution in [3.63, 3.8) is 0 Å². The third-order valence-electron chi connectivity index (χ3n) is 3.20. The summed E-state index contributed by atoms with van der Waals surface area (Å²) in [6.45, 7) is 0. The molecular weight excluding hydrogens is 331 g/mol. The first kappa shape index (κ1) is 15.4. The van der Waals surface area contributed by atoms with Crippen molar-refractivity contribution >= 4 is 28.8 Å². The Kier molecular flexibility index (Phi) is 3.73. The molecule has 0 aliphatic heterocycles. The standard InChI is InChI=1S/C15H9ClF3N3O/c16-10-3-1-2-4-11(10)21-14(23)12-8-20-13-7-9(15(17,18)19)5-6-22(12)13/h1-8H,(H,21,23). The molecule has 0 atom stereocenters. The number of pyridine rings is 1. The fourth-order valence-corrected chi connectivity index (χ4v) is 2.26. The van der Waals surface area contributed by atoms with Gasteiger partial charge in [-0.05, 0) is 24.3 Å². The van der Waals surface area contributed by atoms with Crippen molar-refractivity contribution in [2.24, 2.45) is 0 Å². The number of nitrogens with zero attached hydrogens (tertiary/aromatic N) is 2. The Labute approximate surface area is 133 Å². The Morgan fingerprint density at radius 3 is 2.65 bits per heavy atom. The van der Waals surface area contributed by atoms with Crippen LogP contribution in [0.5, 0.6) is 0 Å². The number of benzene rings is 1. The number of hydrogen-bond acceptors (Lipinski definition) is 2. The quantitative estimate of drug-likeness (QED) is 0.758. The summed E-state index contributed by atoms with van der Waals surface area (Å²) in [5, 5.41) is 2.95. The van der Waals surface area contributed by atoms with Crippen molar-refractivity contribution in [2.45, 2.75) is 6.18 Å². The summed E-state index contributed by atoms with van der Waals surface area (Å²) >= 11 is 5.96. The summed E-state index contributed by atoms with van der Waals surface area (Å²) in [5.74, 6) is -0.523. The smallest absolute Gasteiger partial charge is 0.319 e. The fraction of sp³-hybridized carbons (Fsp3) is 0.0667. The zero-order valence-electron chi connectivity index (χ0n) is 11.4. The van der Waals surface area contributed by atoms with E-state index in [0.717, 1.165) is 18.3 Å². The van der Waals surface area contributed by atoms with Crippen LogP contribution in [0.15, 0.2) is 48.8 Å². The number of halogens is 4. The number of aromatic nitrogens is 2. The zero-order chi connectivity index (χ0) is 16.6. The first-order valence-electron chi connectivity index (χ1n) is 6.46. The third-order valence-corrected chi connectivity index (χ3v) is 3.52. The van der Waals surface area contributed by atoms with Gasteiger partial charge in [-0.3, -0.25) is 9.20 Å². The van der Waals surface area contributed by atoms with E-state index >= 15 is 0 Å². The Balaban J connectivity index is 1.94. The van der Waals surface area contributed by atoms with Gasteiger partial charge in [-0.2, -0.15) is 13.2 Å². The molecular formula is C15H9ClF3N3O. The van der Waals surface area contributed by atoms with Gasteiger partial charge >= 0.3 is 6.18 Å². The molecule has 0 saturated heterocycles. The van der Waals surface area contributed by atoms with Gasteiger partial charge in [0.2, 0.25) is 0 Å². The normalized spacial score (nSPS) is 11.7. The van der Waals surface area contributed by atoms with Gasteiger partial charge in [0.15, 0.2) is 0 Å². The fourth-order valence-electron chi connectivity index (χ4n) is 2.07. The minimum Gasteiger partial charge on any atom is -0.319 e. The van der Waals surface area contributed by atoms with E-state index in [0.29, 0.717) is 10.7 Å². The van der Waals surface area contributed by atoms with E-state index in [9.17, 15) is 18.0 Å². The molecule has 4 nitrogen and oxygen atoms in total. The van der Waals surface area contributed by atoms with Crippen molar-refractivity contribution in [3.8, 4) is 0 Å². The largest absolute Gasteiger partial charge is 0.416 e. The van der Waals surface area contributed by atoms with Crippen LogP contribution in [0.1, 0.15) is 16.1 Å². The van der Waals surface area contributed by atoms with Crippen molar-refractivity contribution in [1.82, 2.24) is 9.38 Å². The zero-order valence-corrected chi connectivity index (χ0v) is 12.2. The molecule has 3 aromatic rings. The molecule has 2 heterocycles. The summed E-state index contributed by atoms with van der Waals surface area (Å²) in [4.78, 5) is 16.1. The van der Waals surface area contributed by atoms with Crippen LogP contribution >= 0.6 is 11.6 Å². The summed E-state index contributed by atoms with van der Waals surface area (Å²) in [6, 6.07) is 8.41. The van der Waals surface area contributed by atoms with E-state index < -0.39 is 17.6 Å². The molecule has 23 heavy (non-hydrogen) atoms. The Hall–Kier alpha value is -2.54. The molecule has 0 fully saturated rings. The van der Waals surface area contributed by atoms with Gasteiger partial charge in [-0.15, -0.1) is 0 Å². The molecule has 2 aromatic heterocycles. The molecule has 0 bridgehead atoms. The number of carbonyl (C=O) groups excluding carboxylic acids is 1. The van der Waals surface area contributed by atoms with Crippen LogP contribution in [0.25, 0.3) is 5.65 Å². The first-order chi connectivity index (χ1) is 10.9. The molecule has 0 spiro atoms. The lowest BCUT2D eigenvalue weighted by Crippen LogP contribution is -2.14. The van der Waals surface area contributed by atoms with Gasteiger partial charge in [0.25, 0.3) is 5.91 Å². The molecule has 1 amide bonds. The lowest BCUT2D eigenvalue weighted by molar-refractivity contribution is -0.137. The number of fused-ring (bicyclic) bond motifs is 1. The number of amides is 1. The molecule has 0 radical (unpaired) electrons. The van der Waals surface area contributed by atoms with Crippen LogP contribution in [0.3, 0.4) is 0 Å². The van der Waals surface area contributed by atoms with Gasteiger partial charge in [0, 0.05) is 6.20 Å². The average Bonchev–Trinajstić information content (AvgIpc) is 2.92. The molecule has 3 rings (SSSR count). The summed E-state index contributed by atoms with van der Waals surface area (Å²) in [5.41, 5.74) is -0.285. The highest BCUT2D eigenvalue weighted by Gasteiger charge is 2.31. The SMILES string of the molecule is O=C(Nc1ccccc1Cl)c1cnc2cc(C(F)(F)F)ccn12. The van der Waals surface area contributed by atoms with Gasteiger partial charge in [0.05, 0.1) is 22.5 Å². The predicted molar refractivity (Wildman–Crippen MR) is 79.6 cm³/mol. The topological polar surface area (TPSA) is 46.4 Å². The van der Waals surface area contributed by atoms with Gasteiger partial charge in [-0.1, -0.05) is 23.7 Å².